The van der Waals surface area contributed by atoms with Gasteiger partial charge in [0.2, 0.25) is 5.91 Å². The molecule has 1 aliphatic heterocycles. The molecule has 3 aromatic heterocycles. The van der Waals surface area contributed by atoms with Crippen LogP contribution in [0.4, 0.5) is 13.2 Å². The van der Waals surface area contributed by atoms with Gasteiger partial charge in [0.1, 0.15) is 18.1 Å². The number of rotatable bonds is 4. The molecule has 31 heavy (non-hydrogen) atoms. The minimum Gasteiger partial charge on any atom is -0.340 e. The summed E-state index contributed by atoms with van der Waals surface area (Å²) in [7, 11) is 0. The van der Waals surface area contributed by atoms with Crippen molar-refractivity contribution in [2.45, 2.75) is 45.3 Å². The van der Waals surface area contributed by atoms with Gasteiger partial charge in [-0.3, -0.25) is 9.48 Å². The molecule has 0 N–H and O–H groups in total. The van der Waals surface area contributed by atoms with Crippen LogP contribution in [-0.2, 0) is 17.5 Å². The molecule has 1 atom stereocenters. The molecule has 0 aliphatic carbocycles. The zero-order chi connectivity index (χ0) is 22.2. The lowest BCUT2D eigenvalue weighted by molar-refractivity contribution is -0.141. The number of aromatic nitrogens is 4. The molecule has 4 rings (SSSR count). The molecule has 0 bridgehead atoms. The van der Waals surface area contributed by atoms with Crippen molar-refractivity contribution in [3.8, 4) is 10.6 Å². The second-order valence-corrected chi connectivity index (χ2v) is 8.68. The fraction of sp³-hybridized carbons (Fsp3) is 0.429. The lowest BCUT2D eigenvalue weighted by Gasteiger charge is -2.32. The number of piperidine rings is 1. The van der Waals surface area contributed by atoms with Crippen molar-refractivity contribution in [1.29, 1.82) is 0 Å². The summed E-state index contributed by atoms with van der Waals surface area (Å²) in [6, 6.07) is 6.40. The number of likely N-dealkylation sites (tertiary alicyclic amines) is 1. The molecule has 0 saturated carbocycles. The van der Waals surface area contributed by atoms with Crippen LogP contribution in [0.25, 0.3) is 10.6 Å². The van der Waals surface area contributed by atoms with Crippen LogP contribution in [0.3, 0.4) is 0 Å². The summed E-state index contributed by atoms with van der Waals surface area (Å²) in [6.07, 6.45) is -3.25. The van der Waals surface area contributed by atoms with Crippen molar-refractivity contribution >= 4 is 17.2 Å². The first-order valence-corrected chi connectivity index (χ1v) is 10.9. The van der Waals surface area contributed by atoms with E-state index in [1.165, 1.54) is 11.3 Å². The van der Waals surface area contributed by atoms with Crippen LogP contribution in [0.2, 0.25) is 0 Å². The molecule has 1 saturated heterocycles. The highest BCUT2D eigenvalue weighted by Crippen LogP contribution is 2.34. The van der Waals surface area contributed by atoms with Crippen molar-refractivity contribution in [2.75, 3.05) is 13.1 Å². The lowest BCUT2D eigenvalue weighted by atomic mass is 9.96. The van der Waals surface area contributed by atoms with Gasteiger partial charge in [-0.25, -0.2) is 9.97 Å². The Hall–Kier alpha value is -2.75. The number of nitrogens with zero attached hydrogens (tertiary/aromatic N) is 5. The molecule has 0 radical (unpaired) electrons. The molecular formula is C21H22F3N5OS. The van der Waals surface area contributed by atoms with Gasteiger partial charge in [-0.2, -0.15) is 18.3 Å². The molecule has 1 fully saturated rings. The molecular weight excluding hydrogens is 427 g/mol. The van der Waals surface area contributed by atoms with Crippen LogP contribution in [0.1, 0.15) is 41.7 Å². The van der Waals surface area contributed by atoms with E-state index in [0.29, 0.717) is 30.8 Å². The number of halogens is 3. The molecule has 0 unspecified atom stereocenters. The highest BCUT2D eigenvalue weighted by Gasteiger charge is 2.35. The first-order valence-electron chi connectivity index (χ1n) is 9.99. The second kappa shape index (κ2) is 8.41. The number of thiophene rings is 1. The Balaban J connectivity index is 1.58. The number of carbonyl (C=O) groups excluding carboxylic acids is 1. The zero-order valence-electron chi connectivity index (χ0n) is 17.2. The minimum absolute atomic E-state index is 0.107. The maximum atomic E-state index is 13.5. The lowest BCUT2D eigenvalue weighted by Crippen LogP contribution is -2.41. The van der Waals surface area contributed by atoms with E-state index < -0.39 is 11.9 Å². The Morgan fingerprint density at radius 3 is 2.71 bits per heavy atom. The molecule has 0 aromatic carbocycles. The van der Waals surface area contributed by atoms with Gasteiger partial charge in [0.15, 0.2) is 0 Å². The van der Waals surface area contributed by atoms with Gasteiger partial charge in [-0.1, -0.05) is 6.07 Å². The van der Waals surface area contributed by atoms with Gasteiger partial charge in [0.05, 0.1) is 16.3 Å². The second-order valence-electron chi connectivity index (χ2n) is 7.74. The van der Waals surface area contributed by atoms with E-state index in [1.807, 2.05) is 19.9 Å². The summed E-state index contributed by atoms with van der Waals surface area (Å²) in [4.78, 5) is 23.5. The summed E-state index contributed by atoms with van der Waals surface area (Å²) in [6.45, 7) is 4.71. The van der Waals surface area contributed by atoms with Crippen LogP contribution >= 0.6 is 11.3 Å². The van der Waals surface area contributed by atoms with Gasteiger partial charge in [-0.15, -0.1) is 11.3 Å². The third-order valence-corrected chi connectivity index (χ3v) is 6.23. The molecule has 3 aromatic rings. The van der Waals surface area contributed by atoms with Gasteiger partial charge in [0, 0.05) is 24.7 Å². The predicted molar refractivity (Wildman–Crippen MR) is 111 cm³/mol. The number of hydrogen-bond donors (Lipinski definition) is 0. The summed E-state index contributed by atoms with van der Waals surface area (Å²) in [5.74, 6) is -0.317. The summed E-state index contributed by atoms with van der Waals surface area (Å²) >= 11 is 1.33. The SMILES string of the molecule is Cc1cc(C)n(CC(=O)N2CCC[C@@H](c3nc(-c4cccs4)cc(C(F)(F)F)n3)C2)n1. The molecule has 6 nitrogen and oxygen atoms in total. The third kappa shape index (κ3) is 4.79. The average molecular weight is 450 g/mol. The third-order valence-electron chi connectivity index (χ3n) is 5.34. The Morgan fingerprint density at radius 1 is 1.26 bits per heavy atom. The van der Waals surface area contributed by atoms with Crippen LogP contribution in [0.5, 0.6) is 0 Å². The molecule has 4 heterocycles. The zero-order valence-corrected chi connectivity index (χ0v) is 18.0. The Morgan fingerprint density at radius 2 is 2.06 bits per heavy atom. The van der Waals surface area contributed by atoms with Crippen molar-refractivity contribution < 1.29 is 18.0 Å². The fourth-order valence-corrected chi connectivity index (χ4v) is 4.51. The fourth-order valence-electron chi connectivity index (χ4n) is 3.82. The van der Waals surface area contributed by atoms with E-state index in [1.54, 1.807) is 27.1 Å². The maximum Gasteiger partial charge on any atom is 0.433 e. The van der Waals surface area contributed by atoms with Crippen molar-refractivity contribution in [3.05, 3.63) is 52.6 Å². The normalized spacial score (nSPS) is 17.2. The van der Waals surface area contributed by atoms with E-state index in [2.05, 4.69) is 15.1 Å². The first-order chi connectivity index (χ1) is 14.7. The molecule has 164 valence electrons. The summed E-state index contributed by atoms with van der Waals surface area (Å²) in [5.41, 5.74) is 1.03. The van der Waals surface area contributed by atoms with E-state index in [0.717, 1.165) is 17.5 Å². The van der Waals surface area contributed by atoms with Crippen LogP contribution in [0, 0.1) is 13.8 Å². The van der Waals surface area contributed by atoms with E-state index >= 15 is 0 Å². The standard InChI is InChI=1S/C21H22F3N5OS/c1-13-9-14(2)29(27-13)12-19(30)28-7-3-5-15(11-28)20-25-16(17-6-4-8-31-17)10-18(26-20)21(22,23)24/h4,6,8-10,15H,3,5,7,11-12H2,1-2H3/t15-/m1/s1. The largest absolute Gasteiger partial charge is 0.433 e. The molecule has 1 aliphatic rings. The monoisotopic (exact) mass is 449 g/mol. The van der Waals surface area contributed by atoms with Gasteiger partial charge < -0.3 is 4.90 Å². The van der Waals surface area contributed by atoms with Gasteiger partial charge in [-0.05, 0) is 50.3 Å². The Kier molecular flexibility index (Phi) is 5.83. The van der Waals surface area contributed by atoms with Crippen LogP contribution in [-0.4, -0.2) is 43.6 Å². The van der Waals surface area contributed by atoms with Crippen molar-refractivity contribution in [2.24, 2.45) is 0 Å². The topological polar surface area (TPSA) is 63.9 Å². The first kappa shape index (κ1) is 21.5. The number of alkyl halides is 3. The minimum atomic E-state index is -4.57. The van der Waals surface area contributed by atoms with E-state index in [-0.39, 0.29) is 29.9 Å². The predicted octanol–water partition coefficient (Wildman–Crippen LogP) is 4.44. The van der Waals surface area contributed by atoms with Crippen molar-refractivity contribution in [1.82, 2.24) is 24.6 Å². The summed E-state index contributed by atoms with van der Waals surface area (Å²) in [5, 5.41) is 6.12. The average Bonchev–Trinajstić information content (AvgIpc) is 3.37. The van der Waals surface area contributed by atoms with Crippen LogP contribution in [0.15, 0.2) is 29.6 Å². The number of amides is 1. The number of aryl methyl sites for hydroxylation is 2. The summed E-state index contributed by atoms with van der Waals surface area (Å²) < 4.78 is 42.1. The van der Waals surface area contributed by atoms with Gasteiger partial charge >= 0.3 is 6.18 Å². The number of carbonyl (C=O) groups is 1. The quantitative estimate of drug-likeness (QED) is 0.591. The molecule has 10 heteroatoms. The smallest absolute Gasteiger partial charge is 0.340 e. The Labute approximate surface area is 181 Å². The molecule has 1 amide bonds. The number of hydrogen-bond acceptors (Lipinski definition) is 5. The van der Waals surface area contributed by atoms with E-state index in [4.69, 9.17) is 0 Å². The van der Waals surface area contributed by atoms with Crippen LogP contribution < -0.4 is 0 Å². The van der Waals surface area contributed by atoms with E-state index in [9.17, 15) is 18.0 Å². The highest BCUT2D eigenvalue weighted by molar-refractivity contribution is 7.13. The van der Waals surface area contributed by atoms with Gasteiger partial charge in [0.25, 0.3) is 0 Å². The highest BCUT2D eigenvalue weighted by atomic mass is 32.1. The Bertz CT molecular complexity index is 1080. The maximum absolute atomic E-state index is 13.5. The van der Waals surface area contributed by atoms with Crippen molar-refractivity contribution in [3.63, 3.8) is 0 Å². The molecule has 0 spiro atoms.